The number of hydrogen-bond acceptors (Lipinski definition) is 3. The maximum absolute atomic E-state index is 11.4. The number of carbonyl (C=O) groups excluding carboxylic acids is 1. The molecule has 3 aromatic carbocycles. The molecule has 1 atom stereocenters. The average molecular weight is 372 g/mol. The van der Waals surface area contributed by atoms with Gasteiger partial charge in [0.25, 0.3) is 0 Å². The van der Waals surface area contributed by atoms with Crippen LogP contribution in [-0.4, -0.2) is 19.1 Å². The van der Waals surface area contributed by atoms with E-state index >= 15 is 0 Å². The molecule has 4 rings (SSSR count). The number of hydrogen-bond donors (Lipinski definition) is 2. The van der Waals surface area contributed by atoms with Crippen molar-refractivity contribution in [3.8, 4) is 16.9 Å². The van der Waals surface area contributed by atoms with E-state index in [4.69, 9.17) is 10.5 Å². The van der Waals surface area contributed by atoms with Gasteiger partial charge in [0.1, 0.15) is 5.75 Å². The van der Waals surface area contributed by atoms with Crippen LogP contribution in [0.25, 0.3) is 11.1 Å². The maximum Gasteiger partial charge on any atom is 0.248 e. The second kappa shape index (κ2) is 7.87. The van der Waals surface area contributed by atoms with Gasteiger partial charge >= 0.3 is 0 Å². The predicted octanol–water partition coefficient (Wildman–Crippen LogP) is 3.72. The number of primary amides is 1. The Hall–Kier alpha value is -3.11. The van der Waals surface area contributed by atoms with Gasteiger partial charge in [-0.05, 0) is 64.9 Å². The van der Waals surface area contributed by atoms with E-state index in [1.165, 1.54) is 16.7 Å². The zero-order valence-electron chi connectivity index (χ0n) is 15.9. The van der Waals surface area contributed by atoms with Gasteiger partial charge in [0.15, 0.2) is 0 Å². The van der Waals surface area contributed by atoms with Gasteiger partial charge in [0.05, 0.1) is 7.11 Å². The number of methoxy groups -OCH3 is 1. The van der Waals surface area contributed by atoms with E-state index in [0.29, 0.717) is 11.6 Å². The monoisotopic (exact) mass is 372 g/mol. The molecule has 0 fully saturated rings. The fourth-order valence-electron chi connectivity index (χ4n) is 3.80. The van der Waals surface area contributed by atoms with Crippen molar-refractivity contribution < 1.29 is 9.53 Å². The largest absolute Gasteiger partial charge is 0.497 e. The number of ether oxygens (including phenoxy) is 1. The van der Waals surface area contributed by atoms with Crippen molar-refractivity contribution in [1.29, 1.82) is 0 Å². The van der Waals surface area contributed by atoms with Crippen LogP contribution in [0.2, 0.25) is 0 Å². The third-order valence-electron chi connectivity index (χ3n) is 5.38. The minimum absolute atomic E-state index is 0.405. The summed E-state index contributed by atoms with van der Waals surface area (Å²) in [6.07, 6.45) is 2.09. The van der Waals surface area contributed by atoms with E-state index in [0.717, 1.165) is 36.3 Å². The molecule has 1 aliphatic rings. The van der Waals surface area contributed by atoms with Gasteiger partial charge in [-0.25, -0.2) is 0 Å². The Morgan fingerprint density at radius 2 is 1.79 bits per heavy atom. The van der Waals surface area contributed by atoms with Gasteiger partial charge in [-0.2, -0.15) is 0 Å². The third kappa shape index (κ3) is 3.92. The highest BCUT2D eigenvalue weighted by Gasteiger charge is 2.21. The van der Waals surface area contributed by atoms with Crippen LogP contribution in [0.4, 0.5) is 0 Å². The smallest absolute Gasteiger partial charge is 0.248 e. The Labute approximate surface area is 165 Å². The summed E-state index contributed by atoms with van der Waals surface area (Å²) in [5.41, 5.74) is 12.0. The fourth-order valence-corrected chi connectivity index (χ4v) is 3.80. The van der Waals surface area contributed by atoms with Crippen molar-refractivity contribution in [2.45, 2.75) is 25.4 Å². The Morgan fingerprint density at radius 1 is 1.00 bits per heavy atom. The van der Waals surface area contributed by atoms with Crippen molar-refractivity contribution in [2.24, 2.45) is 5.73 Å². The molecule has 0 aliphatic heterocycles. The van der Waals surface area contributed by atoms with Gasteiger partial charge in [0.2, 0.25) is 5.91 Å². The first-order chi connectivity index (χ1) is 13.6. The van der Waals surface area contributed by atoms with Crippen LogP contribution in [-0.2, 0) is 19.4 Å². The van der Waals surface area contributed by atoms with Gasteiger partial charge in [-0.1, -0.05) is 42.5 Å². The summed E-state index contributed by atoms with van der Waals surface area (Å²) in [4.78, 5) is 11.4. The topological polar surface area (TPSA) is 64.3 Å². The molecule has 4 heteroatoms. The molecule has 3 N–H and O–H groups in total. The molecular weight excluding hydrogens is 348 g/mol. The number of fused-ring (bicyclic) bond motifs is 1. The van der Waals surface area contributed by atoms with E-state index in [9.17, 15) is 4.79 Å². The Balaban J connectivity index is 1.38. The molecule has 0 spiro atoms. The van der Waals surface area contributed by atoms with E-state index < -0.39 is 5.91 Å². The second-order valence-corrected chi connectivity index (χ2v) is 7.26. The zero-order chi connectivity index (χ0) is 19.5. The Bertz CT molecular complexity index is 996. The normalized spacial score (nSPS) is 15.2. The van der Waals surface area contributed by atoms with Gasteiger partial charge in [0, 0.05) is 18.2 Å². The molecule has 0 saturated heterocycles. The first kappa shape index (κ1) is 18.3. The molecule has 0 aromatic heterocycles. The second-order valence-electron chi connectivity index (χ2n) is 7.26. The van der Waals surface area contributed by atoms with Crippen LogP contribution in [0.1, 0.15) is 27.0 Å². The summed E-state index contributed by atoms with van der Waals surface area (Å²) in [5, 5.41) is 3.66. The van der Waals surface area contributed by atoms with Crippen molar-refractivity contribution in [2.75, 3.05) is 7.11 Å². The molecule has 1 amide bonds. The quantitative estimate of drug-likeness (QED) is 0.693. The summed E-state index contributed by atoms with van der Waals surface area (Å²) >= 11 is 0. The zero-order valence-corrected chi connectivity index (χ0v) is 15.9. The number of carbonyl (C=O) groups is 1. The summed E-state index contributed by atoms with van der Waals surface area (Å²) in [6, 6.07) is 22.7. The molecule has 0 bridgehead atoms. The van der Waals surface area contributed by atoms with Crippen LogP contribution in [0.15, 0.2) is 66.7 Å². The van der Waals surface area contributed by atoms with E-state index in [2.05, 4.69) is 41.7 Å². The molecule has 28 heavy (non-hydrogen) atoms. The van der Waals surface area contributed by atoms with Crippen molar-refractivity contribution in [3.63, 3.8) is 0 Å². The summed E-state index contributed by atoms with van der Waals surface area (Å²) in [6.45, 7) is 0.831. The molecule has 3 aromatic rings. The lowest BCUT2D eigenvalue weighted by atomic mass is 10.0. The summed E-state index contributed by atoms with van der Waals surface area (Å²) in [5.74, 6) is 0.522. The van der Waals surface area contributed by atoms with Crippen LogP contribution < -0.4 is 15.8 Å². The minimum Gasteiger partial charge on any atom is -0.497 e. The highest BCUT2D eigenvalue weighted by atomic mass is 16.5. The molecule has 0 heterocycles. The van der Waals surface area contributed by atoms with E-state index in [1.54, 1.807) is 13.2 Å². The Morgan fingerprint density at radius 3 is 2.54 bits per heavy atom. The number of rotatable bonds is 6. The average Bonchev–Trinajstić information content (AvgIpc) is 3.14. The predicted molar refractivity (Wildman–Crippen MR) is 111 cm³/mol. The lowest BCUT2D eigenvalue weighted by Crippen LogP contribution is -2.28. The number of nitrogens with two attached hydrogens (primary N) is 1. The third-order valence-corrected chi connectivity index (χ3v) is 5.38. The van der Waals surface area contributed by atoms with Crippen LogP contribution >= 0.6 is 0 Å². The lowest BCUT2D eigenvalue weighted by molar-refractivity contribution is 0.100. The molecule has 142 valence electrons. The van der Waals surface area contributed by atoms with Crippen LogP contribution in [0.3, 0.4) is 0 Å². The highest BCUT2D eigenvalue weighted by Crippen LogP contribution is 2.27. The standard InChI is InChI=1S/C24H24N2O2/c1-28-23-10-9-19-12-22(13-21(19)14-23)26-15-16-5-7-17(8-6-16)18-3-2-4-20(11-18)24(25)27/h2-11,14,22,26H,12-13,15H2,1H3,(H2,25,27). The first-order valence-electron chi connectivity index (χ1n) is 9.51. The molecule has 4 nitrogen and oxygen atoms in total. The van der Waals surface area contributed by atoms with Gasteiger partial charge in [-0.3, -0.25) is 4.79 Å². The highest BCUT2D eigenvalue weighted by molar-refractivity contribution is 5.94. The lowest BCUT2D eigenvalue weighted by Gasteiger charge is -2.12. The Kier molecular flexibility index (Phi) is 5.13. The van der Waals surface area contributed by atoms with E-state index in [1.807, 2.05) is 24.3 Å². The number of amides is 1. The van der Waals surface area contributed by atoms with E-state index in [-0.39, 0.29) is 0 Å². The number of nitrogens with one attached hydrogen (secondary N) is 1. The van der Waals surface area contributed by atoms with Gasteiger partial charge < -0.3 is 15.8 Å². The molecular formula is C24H24N2O2. The maximum atomic E-state index is 11.4. The van der Waals surface area contributed by atoms with Crippen LogP contribution in [0, 0.1) is 0 Å². The van der Waals surface area contributed by atoms with Crippen molar-refractivity contribution in [1.82, 2.24) is 5.32 Å². The number of benzene rings is 3. The molecule has 1 unspecified atom stereocenters. The SMILES string of the molecule is COc1ccc2c(c1)CC(NCc1ccc(-c3cccc(C(N)=O)c3)cc1)C2. The summed E-state index contributed by atoms with van der Waals surface area (Å²) in [7, 11) is 1.71. The molecule has 0 saturated carbocycles. The van der Waals surface area contributed by atoms with Crippen molar-refractivity contribution >= 4 is 5.91 Å². The van der Waals surface area contributed by atoms with Crippen molar-refractivity contribution in [3.05, 3.63) is 89.0 Å². The fraction of sp³-hybridized carbons (Fsp3) is 0.208. The first-order valence-corrected chi connectivity index (χ1v) is 9.51. The molecule has 1 aliphatic carbocycles. The van der Waals surface area contributed by atoms with Gasteiger partial charge in [-0.15, -0.1) is 0 Å². The minimum atomic E-state index is -0.405. The van der Waals surface area contributed by atoms with Crippen LogP contribution in [0.5, 0.6) is 5.75 Å². The summed E-state index contributed by atoms with van der Waals surface area (Å²) < 4.78 is 5.33. The molecule has 0 radical (unpaired) electrons.